The molecule has 0 radical (unpaired) electrons. The largest absolute Gasteiger partial charge is 0.495 e. The van der Waals surface area contributed by atoms with E-state index in [1.807, 2.05) is 0 Å². The van der Waals surface area contributed by atoms with Gasteiger partial charge in [0.05, 0.1) is 12.8 Å². The molecule has 118 valence electrons. The number of nitrogens with zero attached hydrogens (tertiary/aromatic N) is 3. The van der Waals surface area contributed by atoms with E-state index in [-0.39, 0.29) is 5.95 Å². The topological polar surface area (TPSA) is 80.5 Å². The smallest absolute Gasteiger partial charge is 0.326 e. The molecule has 3 aromatic rings. The fourth-order valence-electron chi connectivity index (χ4n) is 2.02. The molecule has 0 unspecified atom stereocenters. The minimum absolute atomic E-state index is 0.198. The third kappa shape index (κ3) is 3.15. The molecule has 0 aliphatic heterocycles. The first-order chi connectivity index (χ1) is 11.1. The zero-order chi connectivity index (χ0) is 16.4. The number of methoxy groups -OCH3 is 1. The van der Waals surface area contributed by atoms with Gasteiger partial charge < -0.3 is 10.1 Å². The van der Waals surface area contributed by atoms with Gasteiger partial charge in [-0.25, -0.2) is 4.79 Å². The summed E-state index contributed by atoms with van der Waals surface area (Å²) in [6, 6.07) is 9.50. The van der Waals surface area contributed by atoms with Gasteiger partial charge in [-0.2, -0.15) is 0 Å². The Bertz CT molecular complexity index is 881. The minimum Gasteiger partial charge on any atom is -0.495 e. The number of anilines is 2. The van der Waals surface area contributed by atoms with Gasteiger partial charge in [-0.3, -0.25) is 9.72 Å². The fourth-order valence-corrected chi connectivity index (χ4v) is 2.43. The number of hydrogen-bond acceptors (Lipinski definition) is 4. The first kappa shape index (κ1) is 15.4. The lowest BCUT2D eigenvalue weighted by Crippen LogP contribution is -2.21. The maximum Gasteiger partial charge on any atom is 0.326 e. The van der Waals surface area contributed by atoms with Crippen LogP contribution < -0.4 is 15.4 Å². The summed E-state index contributed by atoms with van der Waals surface area (Å²) in [6.07, 6.45) is 0. The number of fused-ring (bicyclic) bond motifs is 1. The molecule has 0 aliphatic rings. The number of amides is 2. The van der Waals surface area contributed by atoms with E-state index in [0.717, 1.165) is 0 Å². The van der Waals surface area contributed by atoms with Crippen molar-refractivity contribution >= 4 is 46.5 Å². The standard InChI is InChI=1S/C14H11Cl2N5O2/c1-23-10-6-5-8(15)7-9(10)17-14(22)18-13-20-19-12-4-2-3-11(16)21(12)13/h2-7H,1H3,(H2,17,18,20,22). The lowest BCUT2D eigenvalue weighted by atomic mass is 10.3. The second kappa shape index (κ2) is 6.31. The molecule has 2 N–H and O–H groups in total. The zero-order valence-corrected chi connectivity index (χ0v) is 13.4. The average Bonchev–Trinajstić information content (AvgIpc) is 2.92. The van der Waals surface area contributed by atoms with Gasteiger partial charge in [-0.1, -0.05) is 29.3 Å². The van der Waals surface area contributed by atoms with Crippen LogP contribution in [0.3, 0.4) is 0 Å². The zero-order valence-electron chi connectivity index (χ0n) is 11.9. The number of hydrogen-bond donors (Lipinski definition) is 2. The van der Waals surface area contributed by atoms with Gasteiger partial charge in [0.2, 0.25) is 5.95 Å². The summed E-state index contributed by atoms with van der Waals surface area (Å²) in [4.78, 5) is 12.2. The normalized spacial score (nSPS) is 10.6. The number of carbonyl (C=O) groups is 1. The predicted molar refractivity (Wildman–Crippen MR) is 88.6 cm³/mol. The average molecular weight is 352 g/mol. The summed E-state index contributed by atoms with van der Waals surface area (Å²) in [6.45, 7) is 0. The highest BCUT2D eigenvalue weighted by Gasteiger charge is 2.13. The molecule has 0 atom stereocenters. The number of nitrogens with one attached hydrogen (secondary N) is 2. The van der Waals surface area contributed by atoms with Crippen molar-refractivity contribution in [3.05, 3.63) is 46.6 Å². The number of pyridine rings is 1. The molecular weight excluding hydrogens is 341 g/mol. The van der Waals surface area contributed by atoms with Crippen LogP contribution in [-0.4, -0.2) is 27.7 Å². The summed E-state index contributed by atoms with van der Waals surface area (Å²) >= 11 is 12.0. The van der Waals surface area contributed by atoms with Gasteiger partial charge in [0.1, 0.15) is 10.9 Å². The van der Waals surface area contributed by atoms with Crippen LogP contribution in [0.2, 0.25) is 10.2 Å². The van der Waals surface area contributed by atoms with Crippen LogP contribution in [0.5, 0.6) is 5.75 Å². The highest BCUT2D eigenvalue weighted by molar-refractivity contribution is 6.31. The van der Waals surface area contributed by atoms with E-state index in [9.17, 15) is 4.79 Å². The van der Waals surface area contributed by atoms with Crippen molar-refractivity contribution in [3.8, 4) is 5.75 Å². The Balaban J connectivity index is 1.83. The SMILES string of the molecule is COc1ccc(Cl)cc1NC(=O)Nc1nnc2cccc(Cl)n12. The lowest BCUT2D eigenvalue weighted by Gasteiger charge is -2.11. The van der Waals surface area contributed by atoms with E-state index in [1.165, 1.54) is 11.5 Å². The van der Waals surface area contributed by atoms with Gasteiger partial charge in [0.25, 0.3) is 0 Å². The maximum absolute atomic E-state index is 12.2. The number of halogens is 2. The lowest BCUT2D eigenvalue weighted by molar-refractivity contribution is 0.262. The predicted octanol–water partition coefficient (Wildman–Crippen LogP) is 3.69. The van der Waals surface area contributed by atoms with Gasteiger partial charge in [-0.05, 0) is 30.3 Å². The van der Waals surface area contributed by atoms with Crippen LogP contribution in [0, 0.1) is 0 Å². The summed E-state index contributed by atoms with van der Waals surface area (Å²) < 4.78 is 6.68. The molecule has 1 aromatic carbocycles. The number of aromatic nitrogens is 3. The second-order valence-corrected chi connectivity index (χ2v) is 5.31. The Morgan fingerprint density at radius 1 is 1.17 bits per heavy atom. The van der Waals surface area contributed by atoms with Crippen LogP contribution in [0.4, 0.5) is 16.4 Å². The van der Waals surface area contributed by atoms with Crippen LogP contribution in [0.15, 0.2) is 36.4 Å². The first-order valence-corrected chi connectivity index (χ1v) is 7.25. The number of rotatable bonds is 3. The number of benzene rings is 1. The highest BCUT2D eigenvalue weighted by Crippen LogP contribution is 2.27. The number of ether oxygens (including phenoxy) is 1. The molecule has 0 saturated carbocycles. The molecule has 2 amide bonds. The van der Waals surface area contributed by atoms with E-state index in [1.54, 1.807) is 36.4 Å². The van der Waals surface area contributed by atoms with Crippen LogP contribution in [0.25, 0.3) is 5.65 Å². The summed E-state index contributed by atoms with van der Waals surface area (Å²) in [5.74, 6) is 0.678. The van der Waals surface area contributed by atoms with Crippen molar-refractivity contribution in [2.75, 3.05) is 17.7 Å². The van der Waals surface area contributed by atoms with Crippen LogP contribution in [-0.2, 0) is 0 Å². The Morgan fingerprint density at radius 3 is 2.78 bits per heavy atom. The molecule has 0 saturated heterocycles. The van der Waals surface area contributed by atoms with Crippen LogP contribution >= 0.6 is 23.2 Å². The van der Waals surface area contributed by atoms with E-state index in [2.05, 4.69) is 20.8 Å². The first-order valence-electron chi connectivity index (χ1n) is 6.49. The highest BCUT2D eigenvalue weighted by atomic mass is 35.5. The molecule has 9 heteroatoms. The second-order valence-electron chi connectivity index (χ2n) is 4.49. The molecule has 3 rings (SSSR count). The number of urea groups is 1. The quantitative estimate of drug-likeness (QED) is 0.705. The van der Waals surface area contributed by atoms with Gasteiger partial charge >= 0.3 is 6.03 Å². The Morgan fingerprint density at radius 2 is 2.00 bits per heavy atom. The molecule has 2 aromatic heterocycles. The van der Waals surface area contributed by atoms with Crippen LogP contribution in [0.1, 0.15) is 0 Å². The molecule has 0 spiro atoms. The molecule has 0 aliphatic carbocycles. The maximum atomic E-state index is 12.2. The molecule has 2 heterocycles. The molecule has 23 heavy (non-hydrogen) atoms. The van der Waals surface area contributed by atoms with Crippen molar-refractivity contribution in [2.24, 2.45) is 0 Å². The Hall–Kier alpha value is -2.51. The van der Waals surface area contributed by atoms with Gasteiger partial charge in [0, 0.05) is 5.02 Å². The van der Waals surface area contributed by atoms with Crippen molar-refractivity contribution in [1.29, 1.82) is 0 Å². The molecule has 0 fully saturated rings. The number of carbonyl (C=O) groups excluding carboxylic acids is 1. The van der Waals surface area contributed by atoms with Crippen molar-refractivity contribution in [3.63, 3.8) is 0 Å². The summed E-state index contributed by atoms with van der Waals surface area (Å²) in [7, 11) is 1.50. The van der Waals surface area contributed by atoms with Gasteiger partial charge in [-0.15, -0.1) is 10.2 Å². The van der Waals surface area contributed by atoms with Crippen molar-refractivity contribution < 1.29 is 9.53 Å². The molecular formula is C14H11Cl2N5O2. The van der Waals surface area contributed by atoms with E-state index in [0.29, 0.717) is 27.3 Å². The Kier molecular flexibility index (Phi) is 4.22. The Labute approximate surface area is 141 Å². The molecule has 0 bridgehead atoms. The van der Waals surface area contributed by atoms with E-state index < -0.39 is 6.03 Å². The van der Waals surface area contributed by atoms with E-state index in [4.69, 9.17) is 27.9 Å². The summed E-state index contributed by atoms with van der Waals surface area (Å²) in [5.41, 5.74) is 0.950. The minimum atomic E-state index is -0.528. The summed E-state index contributed by atoms with van der Waals surface area (Å²) in [5, 5.41) is 13.9. The van der Waals surface area contributed by atoms with Gasteiger partial charge in [0.15, 0.2) is 5.65 Å². The third-order valence-electron chi connectivity index (χ3n) is 3.02. The monoisotopic (exact) mass is 351 g/mol. The van der Waals surface area contributed by atoms with E-state index >= 15 is 0 Å². The van der Waals surface area contributed by atoms with Crippen molar-refractivity contribution in [2.45, 2.75) is 0 Å². The fraction of sp³-hybridized carbons (Fsp3) is 0.0714. The van der Waals surface area contributed by atoms with Crippen molar-refractivity contribution in [1.82, 2.24) is 14.6 Å². The molecule has 7 nitrogen and oxygen atoms in total. The third-order valence-corrected chi connectivity index (χ3v) is 3.55.